The summed E-state index contributed by atoms with van der Waals surface area (Å²) < 4.78 is 36.8. The Hall–Kier alpha value is -2.10. The van der Waals surface area contributed by atoms with Gasteiger partial charge in [0.2, 0.25) is 5.91 Å². The van der Waals surface area contributed by atoms with Crippen LogP contribution in [0.25, 0.3) is 0 Å². The molecule has 1 aliphatic heterocycles. The highest BCUT2D eigenvalue weighted by molar-refractivity contribution is 7.11. The predicted octanol–water partition coefficient (Wildman–Crippen LogP) is 3.16. The zero-order valence-electron chi connectivity index (χ0n) is 16.4. The molecule has 1 saturated heterocycles. The smallest absolute Gasteiger partial charge is 0.248 e. The van der Waals surface area contributed by atoms with Gasteiger partial charge in [-0.3, -0.25) is 4.79 Å². The number of benzene rings is 1. The number of aryl methyl sites for hydroxylation is 1. The van der Waals surface area contributed by atoms with Crippen LogP contribution in [-0.4, -0.2) is 47.7 Å². The lowest BCUT2D eigenvalue weighted by atomic mass is 9.96. The summed E-state index contributed by atoms with van der Waals surface area (Å²) in [5.41, 5.74) is -0.393. The number of amides is 1. The fourth-order valence-corrected chi connectivity index (χ4v) is 4.39. The summed E-state index contributed by atoms with van der Waals surface area (Å²) in [5.74, 6) is -1.77. The highest BCUT2D eigenvalue weighted by Gasteiger charge is 2.36. The monoisotopic (exact) mass is 426 g/mol. The van der Waals surface area contributed by atoms with E-state index in [1.54, 1.807) is 4.90 Å². The van der Waals surface area contributed by atoms with Crippen molar-refractivity contribution in [3.63, 3.8) is 0 Å². The number of nitrogens with zero attached hydrogens (tertiary/aromatic N) is 2. The number of rotatable bonds is 6. The van der Waals surface area contributed by atoms with E-state index in [-0.39, 0.29) is 24.9 Å². The van der Waals surface area contributed by atoms with Gasteiger partial charge in [0, 0.05) is 32.7 Å². The Bertz CT molecular complexity index is 876. The van der Waals surface area contributed by atoms with Crippen molar-refractivity contribution in [1.29, 1.82) is 0 Å². The van der Waals surface area contributed by atoms with Crippen molar-refractivity contribution < 1.29 is 28.2 Å². The van der Waals surface area contributed by atoms with Gasteiger partial charge in [-0.25, -0.2) is 13.8 Å². The molecule has 9 heteroatoms. The number of aliphatic hydroxyl groups is 1. The fraction of sp³-hybridized carbons (Fsp3) is 0.500. The molecule has 0 aliphatic carbocycles. The van der Waals surface area contributed by atoms with Gasteiger partial charge in [-0.15, -0.1) is 11.3 Å². The number of hydrogen-bond donors (Lipinski definition) is 1. The lowest BCUT2D eigenvalue weighted by Gasteiger charge is -2.24. The van der Waals surface area contributed by atoms with Crippen LogP contribution in [0.4, 0.5) is 8.78 Å². The molecule has 158 valence electrons. The average Bonchev–Trinajstić information content (AvgIpc) is 2.94. The molecule has 1 fully saturated rings. The first-order valence-electron chi connectivity index (χ1n) is 9.36. The molecule has 2 aromatic rings. The van der Waals surface area contributed by atoms with E-state index < -0.39 is 17.2 Å². The first kappa shape index (κ1) is 21.6. The van der Waals surface area contributed by atoms with Crippen molar-refractivity contribution in [3.05, 3.63) is 45.4 Å². The van der Waals surface area contributed by atoms with E-state index in [1.165, 1.54) is 24.5 Å². The summed E-state index contributed by atoms with van der Waals surface area (Å²) >= 11 is 1.34. The van der Waals surface area contributed by atoms with Crippen molar-refractivity contribution >= 4 is 17.2 Å². The first-order chi connectivity index (χ1) is 13.8. The minimum Gasteiger partial charge on any atom is -0.488 e. The number of hydrogen-bond acceptors (Lipinski definition) is 6. The number of carbonyl (C=O) groups is 1. The molecule has 0 unspecified atom stereocenters. The van der Waals surface area contributed by atoms with E-state index in [0.29, 0.717) is 37.4 Å². The van der Waals surface area contributed by atoms with E-state index in [9.17, 15) is 18.7 Å². The van der Waals surface area contributed by atoms with Gasteiger partial charge in [-0.1, -0.05) is 0 Å². The van der Waals surface area contributed by atoms with Crippen molar-refractivity contribution in [3.8, 4) is 5.75 Å². The average molecular weight is 426 g/mol. The summed E-state index contributed by atoms with van der Waals surface area (Å²) in [7, 11) is 1.48. The van der Waals surface area contributed by atoms with E-state index in [4.69, 9.17) is 9.47 Å². The van der Waals surface area contributed by atoms with Gasteiger partial charge >= 0.3 is 0 Å². The zero-order chi connectivity index (χ0) is 21.0. The van der Waals surface area contributed by atoms with Gasteiger partial charge in [0.15, 0.2) is 11.6 Å². The lowest BCUT2D eigenvalue weighted by Crippen LogP contribution is -2.35. The number of thiazole rings is 1. The molecule has 1 aromatic carbocycles. The van der Waals surface area contributed by atoms with Gasteiger partial charge in [0.1, 0.15) is 29.6 Å². The largest absolute Gasteiger partial charge is 0.488 e. The Balaban J connectivity index is 1.68. The van der Waals surface area contributed by atoms with Crippen molar-refractivity contribution in [1.82, 2.24) is 9.88 Å². The minimum atomic E-state index is -1.11. The Morgan fingerprint density at radius 2 is 2.10 bits per heavy atom. The number of aromatic nitrogens is 1. The Morgan fingerprint density at radius 1 is 1.31 bits per heavy atom. The van der Waals surface area contributed by atoms with Crippen molar-refractivity contribution in [2.45, 2.75) is 38.4 Å². The molecule has 2 heterocycles. The second kappa shape index (κ2) is 9.15. The topological polar surface area (TPSA) is 71.9 Å². The minimum absolute atomic E-state index is 0.0280. The summed E-state index contributed by atoms with van der Waals surface area (Å²) in [5, 5.41) is 11.8. The normalized spacial score (nSPS) is 19.8. The summed E-state index contributed by atoms with van der Waals surface area (Å²) in [6.07, 6.45) is 1.55. The third kappa shape index (κ3) is 5.09. The molecule has 3 rings (SSSR count). The van der Waals surface area contributed by atoms with Crippen LogP contribution >= 0.6 is 11.3 Å². The number of likely N-dealkylation sites (tertiary alicyclic amines) is 1. The maximum atomic E-state index is 13.3. The van der Waals surface area contributed by atoms with Gasteiger partial charge in [0.25, 0.3) is 0 Å². The molecule has 1 aromatic heterocycles. The standard InChI is InChI=1S/C20H24F2N2O4S/c1-13-17(11-28-14-4-5-15(21)16(22)10-14)29-19(23-13)20(26)6-3-8-24(9-7-20)18(25)12-27-2/h4-5,10,26H,3,6-9,11-12H2,1-2H3/t20-/m1/s1. The lowest BCUT2D eigenvalue weighted by molar-refractivity contribution is -0.135. The molecule has 1 N–H and O–H groups in total. The number of halogens is 2. The van der Waals surface area contributed by atoms with Gasteiger partial charge in [-0.05, 0) is 31.9 Å². The highest BCUT2D eigenvalue weighted by Crippen LogP contribution is 2.37. The number of carbonyl (C=O) groups excluding carboxylic acids is 1. The molecule has 0 bridgehead atoms. The zero-order valence-corrected chi connectivity index (χ0v) is 17.2. The molecule has 6 nitrogen and oxygen atoms in total. The second-order valence-corrected chi connectivity index (χ2v) is 8.17. The molecule has 1 atom stereocenters. The third-order valence-corrected chi connectivity index (χ3v) is 6.31. The molecule has 0 spiro atoms. The molecule has 1 aliphatic rings. The Labute approximate surface area is 172 Å². The summed E-state index contributed by atoms with van der Waals surface area (Å²) in [4.78, 5) is 19.1. The number of methoxy groups -OCH3 is 1. The van der Waals surface area contributed by atoms with E-state index in [1.807, 2.05) is 6.92 Å². The van der Waals surface area contributed by atoms with E-state index in [0.717, 1.165) is 22.7 Å². The molecular formula is C20H24F2N2O4S. The van der Waals surface area contributed by atoms with Crippen LogP contribution in [0.15, 0.2) is 18.2 Å². The van der Waals surface area contributed by atoms with Crippen LogP contribution in [0.5, 0.6) is 5.75 Å². The predicted molar refractivity (Wildman–Crippen MR) is 104 cm³/mol. The van der Waals surface area contributed by atoms with Crippen LogP contribution in [0.2, 0.25) is 0 Å². The van der Waals surface area contributed by atoms with E-state index in [2.05, 4.69) is 4.98 Å². The summed E-state index contributed by atoms with van der Waals surface area (Å²) in [6, 6.07) is 3.37. The van der Waals surface area contributed by atoms with Gasteiger partial charge in [0.05, 0.1) is 10.6 Å². The first-order valence-corrected chi connectivity index (χ1v) is 10.2. The molecule has 29 heavy (non-hydrogen) atoms. The Morgan fingerprint density at radius 3 is 2.83 bits per heavy atom. The molecule has 0 saturated carbocycles. The van der Waals surface area contributed by atoms with Crippen LogP contribution in [-0.2, 0) is 21.7 Å². The maximum absolute atomic E-state index is 13.3. The number of ether oxygens (including phenoxy) is 2. The quantitative estimate of drug-likeness (QED) is 0.768. The van der Waals surface area contributed by atoms with E-state index >= 15 is 0 Å². The third-order valence-electron chi connectivity index (χ3n) is 4.99. The van der Waals surface area contributed by atoms with Crippen LogP contribution in [0, 0.1) is 18.6 Å². The molecule has 0 radical (unpaired) electrons. The van der Waals surface area contributed by atoms with Crippen molar-refractivity contribution in [2.24, 2.45) is 0 Å². The van der Waals surface area contributed by atoms with Crippen LogP contribution in [0.3, 0.4) is 0 Å². The van der Waals surface area contributed by atoms with Gasteiger partial charge in [-0.2, -0.15) is 0 Å². The van der Waals surface area contributed by atoms with Crippen LogP contribution < -0.4 is 4.74 Å². The van der Waals surface area contributed by atoms with Gasteiger partial charge < -0.3 is 19.5 Å². The fourth-order valence-electron chi connectivity index (χ4n) is 3.27. The van der Waals surface area contributed by atoms with Crippen molar-refractivity contribution in [2.75, 3.05) is 26.8 Å². The Kier molecular flexibility index (Phi) is 6.81. The second-order valence-electron chi connectivity index (χ2n) is 7.09. The highest BCUT2D eigenvalue weighted by atomic mass is 32.1. The summed E-state index contributed by atoms with van der Waals surface area (Å²) in [6.45, 7) is 2.99. The van der Waals surface area contributed by atoms with Crippen LogP contribution in [0.1, 0.15) is 34.8 Å². The SMILES string of the molecule is COCC(=O)N1CCC[C@](O)(c2nc(C)c(COc3ccc(F)c(F)c3)s2)CC1. The molecule has 1 amide bonds. The maximum Gasteiger partial charge on any atom is 0.248 e. The molecular weight excluding hydrogens is 402 g/mol.